The van der Waals surface area contributed by atoms with Crippen LogP contribution in [-0.2, 0) is 4.79 Å². The minimum absolute atomic E-state index is 0.00533. The molecule has 1 saturated heterocycles. The van der Waals surface area contributed by atoms with Gasteiger partial charge in [-0.2, -0.15) is 0 Å². The Bertz CT molecular complexity index is 456. The fourth-order valence-corrected chi connectivity index (χ4v) is 2.25. The number of aromatic hydroxyl groups is 1. The van der Waals surface area contributed by atoms with Gasteiger partial charge in [-0.3, -0.25) is 4.79 Å². The largest absolute Gasteiger partial charge is 0.506 e. The summed E-state index contributed by atoms with van der Waals surface area (Å²) in [4.78, 5) is 12.2. The maximum Gasteiger partial charge on any atom is 0.230 e. The van der Waals surface area contributed by atoms with Gasteiger partial charge in [0.1, 0.15) is 5.75 Å². The van der Waals surface area contributed by atoms with Crippen molar-refractivity contribution in [3.63, 3.8) is 0 Å². The van der Waals surface area contributed by atoms with E-state index in [0.29, 0.717) is 5.69 Å². The lowest BCUT2D eigenvalue weighted by atomic mass is 9.80. The molecule has 0 atom stereocenters. The number of hydrogen-bond donors (Lipinski definition) is 3. The molecule has 4 nitrogen and oxygen atoms in total. The molecule has 1 aliphatic heterocycles. The summed E-state index contributed by atoms with van der Waals surface area (Å²) in [5.74, 6) is 0.0218. The van der Waals surface area contributed by atoms with Crippen LogP contribution in [0.2, 0.25) is 5.02 Å². The molecule has 98 valence electrons. The van der Waals surface area contributed by atoms with E-state index in [1.807, 2.05) is 6.92 Å². The van der Waals surface area contributed by atoms with E-state index in [1.165, 1.54) is 6.07 Å². The number of rotatable bonds is 2. The molecule has 1 aromatic rings. The second kappa shape index (κ2) is 5.16. The Kier molecular flexibility index (Phi) is 3.78. The van der Waals surface area contributed by atoms with Gasteiger partial charge in [-0.05, 0) is 44.1 Å². The molecule has 0 bridgehead atoms. The quantitative estimate of drug-likeness (QED) is 0.722. The van der Waals surface area contributed by atoms with Crippen LogP contribution in [0.25, 0.3) is 0 Å². The van der Waals surface area contributed by atoms with Crippen LogP contribution in [0.3, 0.4) is 0 Å². The van der Waals surface area contributed by atoms with E-state index < -0.39 is 0 Å². The third kappa shape index (κ3) is 2.76. The molecule has 0 spiro atoms. The van der Waals surface area contributed by atoms with Gasteiger partial charge in [-0.15, -0.1) is 0 Å². The molecule has 0 saturated carbocycles. The summed E-state index contributed by atoms with van der Waals surface area (Å²) in [6, 6.07) is 4.67. The van der Waals surface area contributed by atoms with Crippen molar-refractivity contribution in [1.29, 1.82) is 0 Å². The van der Waals surface area contributed by atoms with Crippen LogP contribution in [0, 0.1) is 5.41 Å². The normalized spacial score (nSPS) is 18.3. The zero-order valence-corrected chi connectivity index (χ0v) is 11.0. The second-order valence-corrected chi connectivity index (χ2v) is 5.34. The van der Waals surface area contributed by atoms with Crippen molar-refractivity contribution in [1.82, 2.24) is 5.32 Å². The predicted octanol–water partition coefficient (Wildman–Crippen LogP) is 2.37. The molecular weight excluding hydrogens is 252 g/mol. The summed E-state index contributed by atoms with van der Waals surface area (Å²) >= 11 is 5.81. The van der Waals surface area contributed by atoms with E-state index >= 15 is 0 Å². The number of hydrogen-bond acceptors (Lipinski definition) is 3. The summed E-state index contributed by atoms with van der Waals surface area (Å²) in [5.41, 5.74) is 0.276. The van der Waals surface area contributed by atoms with E-state index in [2.05, 4.69) is 10.6 Å². The van der Waals surface area contributed by atoms with E-state index in [0.717, 1.165) is 25.9 Å². The number of halogens is 1. The Morgan fingerprint density at radius 1 is 1.44 bits per heavy atom. The molecule has 0 radical (unpaired) electrons. The minimum Gasteiger partial charge on any atom is -0.506 e. The smallest absolute Gasteiger partial charge is 0.230 e. The van der Waals surface area contributed by atoms with Crippen molar-refractivity contribution in [2.24, 2.45) is 5.41 Å². The number of phenolic OH excluding ortho intramolecular Hbond substituents is 1. The molecule has 5 heteroatoms. The number of carbonyl (C=O) groups is 1. The van der Waals surface area contributed by atoms with Gasteiger partial charge in [0, 0.05) is 11.1 Å². The van der Waals surface area contributed by atoms with Gasteiger partial charge in [0.25, 0.3) is 0 Å². The Balaban J connectivity index is 2.08. The third-order valence-electron chi connectivity index (χ3n) is 3.46. The summed E-state index contributed by atoms with van der Waals surface area (Å²) in [7, 11) is 0. The van der Waals surface area contributed by atoms with E-state index in [-0.39, 0.29) is 22.1 Å². The first-order valence-electron chi connectivity index (χ1n) is 6.02. The number of benzene rings is 1. The lowest BCUT2D eigenvalue weighted by Gasteiger charge is -2.32. The summed E-state index contributed by atoms with van der Waals surface area (Å²) in [6.07, 6.45) is 1.65. The van der Waals surface area contributed by atoms with Gasteiger partial charge in [-0.25, -0.2) is 0 Å². The van der Waals surface area contributed by atoms with Crippen LogP contribution in [0.4, 0.5) is 5.69 Å². The van der Waals surface area contributed by atoms with Crippen molar-refractivity contribution in [3.05, 3.63) is 23.2 Å². The van der Waals surface area contributed by atoms with E-state index in [4.69, 9.17) is 11.6 Å². The van der Waals surface area contributed by atoms with Gasteiger partial charge in [-0.1, -0.05) is 18.5 Å². The summed E-state index contributed by atoms with van der Waals surface area (Å²) in [6.45, 7) is 3.70. The van der Waals surface area contributed by atoms with Gasteiger partial charge < -0.3 is 15.7 Å². The van der Waals surface area contributed by atoms with Gasteiger partial charge >= 0.3 is 0 Å². The SMILES string of the molecule is CC1(C(=O)Nc2ccc(O)c(Cl)c2)CCNCC1. The minimum atomic E-state index is -0.338. The molecular formula is C13H17ClN2O2. The van der Waals surface area contributed by atoms with Crippen LogP contribution in [0.5, 0.6) is 5.75 Å². The molecule has 1 amide bonds. The van der Waals surface area contributed by atoms with Gasteiger partial charge in [0.05, 0.1) is 5.02 Å². The first-order valence-corrected chi connectivity index (χ1v) is 6.40. The molecule has 3 N–H and O–H groups in total. The first kappa shape index (κ1) is 13.2. The van der Waals surface area contributed by atoms with Crippen LogP contribution >= 0.6 is 11.6 Å². The molecule has 0 aromatic heterocycles. The predicted molar refractivity (Wildman–Crippen MR) is 72.0 cm³/mol. The highest BCUT2D eigenvalue weighted by molar-refractivity contribution is 6.32. The lowest BCUT2D eigenvalue weighted by Crippen LogP contribution is -2.42. The third-order valence-corrected chi connectivity index (χ3v) is 3.76. The molecule has 0 unspecified atom stereocenters. The van der Waals surface area contributed by atoms with Crippen LogP contribution < -0.4 is 10.6 Å². The zero-order chi connectivity index (χ0) is 13.2. The zero-order valence-electron chi connectivity index (χ0n) is 10.3. The fraction of sp³-hybridized carbons (Fsp3) is 0.462. The highest BCUT2D eigenvalue weighted by atomic mass is 35.5. The van der Waals surface area contributed by atoms with E-state index in [9.17, 15) is 9.90 Å². The molecule has 18 heavy (non-hydrogen) atoms. The highest BCUT2D eigenvalue weighted by Gasteiger charge is 2.34. The van der Waals surface area contributed by atoms with Crippen molar-refractivity contribution in [2.75, 3.05) is 18.4 Å². The maximum atomic E-state index is 12.2. The monoisotopic (exact) mass is 268 g/mol. The average molecular weight is 269 g/mol. The maximum absolute atomic E-state index is 12.2. The van der Waals surface area contributed by atoms with Crippen LogP contribution in [-0.4, -0.2) is 24.1 Å². The first-order chi connectivity index (χ1) is 8.51. The molecule has 1 aliphatic rings. The Hall–Kier alpha value is -1.26. The number of nitrogens with one attached hydrogen (secondary N) is 2. The number of amides is 1. The fourth-order valence-electron chi connectivity index (χ4n) is 2.07. The molecule has 1 aromatic carbocycles. The van der Waals surface area contributed by atoms with E-state index in [1.54, 1.807) is 12.1 Å². The van der Waals surface area contributed by atoms with Crippen molar-refractivity contribution in [3.8, 4) is 5.75 Å². The van der Waals surface area contributed by atoms with Crippen molar-refractivity contribution >= 4 is 23.2 Å². The Morgan fingerprint density at radius 2 is 2.11 bits per heavy atom. The number of piperidine rings is 1. The average Bonchev–Trinajstić information content (AvgIpc) is 2.35. The summed E-state index contributed by atoms with van der Waals surface area (Å²) < 4.78 is 0. The standard InChI is InChI=1S/C13H17ClN2O2/c1-13(4-6-15-7-5-13)12(18)16-9-2-3-11(17)10(14)8-9/h2-3,8,15,17H,4-7H2,1H3,(H,16,18). The molecule has 0 aliphatic carbocycles. The highest BCUT2D eigenvalue weighted by Crippen LogP contribution is 2.31. The topological polar surface area (TPSA) is 61.4 Å². The van der Waals surface area contributed by atoms with Crippen LogP contribution in [0.15, 0.2) is 18.2 Å². The number of carbonyl (C=O) groups excluding carboxylic acids is 1. The van der Waals surface area contributed by atoms with Crippen molar-refractivity contribution in [2.45, 2.75) is 19.8 Å². The Labute approximate surface area is 111 Å². The van der Waals surface area contributed by atoms with Gasteiger partial charge in [0.15, 0.2) is 0 Å². The lowest BCUT2D eigenvalue weighted by molar-refractivity contribution is -0.126. The molecule has 2 rings (SSSR count). The number of anilines is 1. The molecule has 1 fully saturated rings. The number of phenols is 1. The second-order valence-electron chi connectivity index (χ2n) is 4.93. The van der Waals surface area contributed by atoms with Crippen LogP contribution in [0.1, 0.15) is 19.8 Å². The Morgan fingerprint density at radius 3 is 2.72 bits per heavy atom. The van der Waals surface area contributed by atoms with Gasteiger partial charge in [0.2, 0.25) is 5.91 Å². The molecule has 1 heterocycles. The van der Waals surface area contributed by atoms with Crippen molar-refractivity contribution < 1.29 is 9.90 Å². The summed E-state index contributed by atoms with van der Waals surface area (Å²) in [5, 5.41) is 15.7.